The van der Waals surface area contributed by atoms with Crippen LogP contribution >= 0.6 is 0 Å². The largest absolute Gasteiger partial charge is 0.492 e. The highest BCUT2D eigenvalue weighted by Crippen LogP contribution is 2.20. The summed E-state index contributed by atoms with van der Waals surface area (Å²) in [4.78, 5) is 15.4. The Labute approximate surface area is 136 Å². The molecule has 2 aromatic rings. The Kier molecular flexibility index (Phi) is 5.10. The van der Waals surface area contributed by atoms with Crippen molar-refractivity contribution < 1.29 is 14.6 Å². The van der Waals surface area contributed by atoms with Gasteiger partial charge >= 0.3 is 0 Å². The van der Waals surface area contributed by atoms with Crippen molar-refractivity contribution in [2.45, 2.75) is 0 Å². The third kappa shape index (κ3) is 4.00. The van der Waals surface area contributed by atoms with E-state index in [0.717, 1.165) is 25.4 Å². The van der Waals surface area contributed by atoms with Crippen LogP contribution in [0.1, 0.15) is 0 Å². The Hall–Kier alpha value is -2.11. The lowest BCUT2D eigenvalue weighted by atomic mass is 10.1. The van der Waals surface area contributed by atoms with Crippen LogP contribution < -0.4 is 4.74 Å². The quantitative estimate of drug-likeness (QED) is 0.905. The second kappa shape index (κ2) is 7.44. The minimum atomic E-state index is -0.398. The van der Waals surface area contributed by atoms with Gasteiger partial charge in [0.05, 0.1) is 0 Å². The zero-order chi connectivity index (χ0) is 16.1. The van der Waals surface area contributed by atoms with E-state index >= 15 is 0 Å². The van der Waals surface area contributed by atoms with Crippen molar-refractivity contribution in [3.05, 3.63) is 42.5 Å². The van der Waals surface area contributed by atoms with Crippen LogP contribution in [0.5, 0.6) is 5.75 Å². The predicted octanol–water partition coefficient (Wildman–Crippen LogP) is 1.36. The highest BCUT2D eigenvalue weighted by molar-refractivity contribution is 5.83. The Morgan fingerprint density at radius 2 is 1.78 bits per heavy atom. The number of carbonyl (C=O) groups excluding carboxylic acids is 1. The van der Waals surface area contributed by atoms with Crippen molar-refractivity contribution in [1.82, 2.24) is 9.80 Å². The molecule has 0 aliphatic carbocycles. The van der Waals surface area contributed by atoms with Gasteiger partial charge in [-0.15, -0.1) is 0 Å². The molecule has 23 heavy (non-hydrogen) atoms. The minimum Gasteiger partial charge on any atom is -0.492 e. The van der Waals surface area contributed by atoms with Gasteiger partial charge < -0.3 is 14.7 Å². The van der Waals surface area contributed by atoms with Crippen LogP contribution in [0.4, 0.5) is 0 Å². The summed E-state index contributed by atoms with van der Waals surface area (Å²) in [7, 11) is 0. The van der Waals surface area contributed by atoms with Gasteiger partial charge in [-0.3, -0.25) is 9.69 Å². The average Bonchev–Trinajstić information content (AvgIpc) is 2.61. The molecule has 0 atom stereocenters. The molecule has 0 bridgehead atoms. The summed E-state index contributed by atoms with van der Waals surface area (Å²) in [5, 5.41) is 11.3. The van der Waals surface area contributed by atoms with Gasteiger partial charge in [0.2, 0.25) is 5.91 Å². The maximum absolute atomic E-state index is 11.4. The molecule has 1 aliphatic rings. The summed E-state index contributed by atoms with van der Waals surface area (Å²) in [6, 6.07) is 14.4. The lowest BCUT2D eigenvalue weighted by Crippen LogP contribution is -2.50. The zero-order valence-electron chi connectivity index (χ0n) is 13.1. The Bertz CT molecular complexity index is 666. The van der Waals surface area contributed by atoms with E-state index in [1.165, 1.54) is 10.8 Å². The molecule has 0 unspecified atom stereocenters. The maximum atomic E-state index is 11.4. The Morgan fingerprint density at radius 1 is 1.04 bits per heavy atom. The molecule has 1 heterocycles. The normalized spacial score (nSPS) is 15.8. The van der Waals surface area contributed by atoms with Crippen molar-refractivity contribution in [2.24, 2.45) is 0 Å². The molecule has 1 N–H and O–H groups in total. The number of aliphatic hydroxyl groups is 1. The van der Waals surface area contributed by atoms with Crippen LogP contribution in [-0.4, -0.2) is 66.8 Å². The van der Waals surface area contributed by atoms with E-state index in [1.807, 2.05) is 18.2 Å². The van der Waals surface area contributed by atoms with Gasteiger partial charge in [-0.1, -0.05) is 30.3 Å². The fraction of sp³-hybridized carbons (Fsp3) is 0.389. The highest BCUT2D eigenvalue weighted by atomic mass is 16.5. The molecular weight excluding hydrogens is 292 g/mol. The average molecular weight is 314 g/mol. The van der Waals surface area contributed by atoms with Crippen molar-refractivity contribution >= 4 is 16.7 Å². The van der Waals surface area contributed by atoms with E-state index in [1.54, 1.807) is 4.90 Å². The summed E-state index contributed by atoms with van der Waals surface area (Å²) < 4.78 is 5.85. The second-order valence-electron chi connectivity index (χ2n) is 5.74. The van der Waals surface area contributed by atoms with Gasteiger partial charge in [-0.2, -0.15) is 0 Å². The molecule has 0 aromatic heterocycles. The number of rotatable bonds is 5. The molecule has 1 aliphatic heterocycles. The lowest BCUT2D eigenvalue weighted by Gasteiger charge is -2.34. The molecule has 3 rings (SSSR count). The van der Waals surface area contributed by atoms with Crippen LogP contribution in [0.25, 0.3) is 10.8 Å². The van der Waals surface area contributed by atoms with Gasteiger partial charge in [-0.05, 0) is 22.9 Å². The summed E-state index contributed by atoms with van der Waals surface area (Å²) in [5.41, 5.74) is 0. The van der Waals surface area contributed by atoms with Crippen LogP contribution in [0.2, 0.25) is 0 Å². The van der Waals surface area contributed by atoms with E-state index in [-0.39, 0.29) is 5.91 Å². The van der Waals surface area contributed by atoms with Gasteiger partial charge in [0.1, 0.15) is 19.0 Å². The molecule has 1 amide bonds. The van der Waals surface area contributed by atoms with Gasteiger partial charge in [0.15, 0.2) is 0 Å². The first-order chi connectivity index (χ1) is 11.3. The van der Waals surface area contributed by atoms with Crippen LogP contribution in [0, 0.1) is 0 Å². The topological polar surface area (TPSA) is 53.0 Å². The fourth-order valence-corrected chi connectivity index (χ4v) is 2.87. The highest BCUT2D eigenvalue weighted by Gasteiger charge is 2.19. The summed E-state index contributed by atoms with van der Waals surface area (Å²) in [6.45, 7) is 4.08. The third-order valence-corrected chi connectivity index (χ3v) is 4.26. The predicted molar refractivity (Wildman–Crippen MR) is 89.5 cm³/mol. The molecular formula is C18H22N2O3. The third-order valence-electron chi connectivity index (χ3n) is 4.26. The molecule has 0 radical (unpaired) electrons. The first-order valence-corrected chi connectivity index (χ1v) is 7.99. The monoisotopic (exact) mass is 314 g/mol. The number of piperazine rings is 1. The number of ether oxygens (including phenoxy) is 1. The molecule has 5 heteroatoms. The van der Waals surface area contributed by atoms with E-state index in [0.29, 0.717) is 19.7 Å². The van der Waals surface area contributed by atoms with Gasteiger partial charge in [0, 0.05) is 32.7 Å². The van der Waals surface area contributed by atoms with E-state index in [4.69, 9.17) is 9.84 Å². The number of hydrogen-bond donors (Lipinski definition) is 1. The fourth-order valence-electron chi connectivity index (χ4n) is 2.87. The van der Waals surface area contributed by atoms with Crippen LogP contribution in [-0.2, 0) is 4.79 Å². The van der Waals surface area contributed by atoms with Gasteiger partial charge in [0.25, 0.3) is 0 Å². The van der Waals surface area contributed by atoms with Crippen molar-refractivity contribution in [1.29, 1.82) is 0 Å². The molecule has 2 aromatic carbocycles. The van der Waals surface area contributed by atoms with E-state index in [9.17, 15) is 4.79 Å². The summed E-state index contributed by atoms with van der Waals surface area (Å²) in [6.07, 6.45) is 0. The molecule has 122 valence electrons. The number of nitrogens with zero attached hydrogens (tertiary/aromatic N) is 2. The molecule has 5 nitrogen and oxygen atoms in total. The molecule has 1 saturated heterocycles. The zero-order valence-corrected chi connectivity index (χ0v) is 13.1. The second-order valence-corrected chi connectivity index (χ2v) is 5.74. The first-order valence-electron chi connectivity index (χ1n) is 7.99. The van der Waals surface area contributed by atoms with E-state index < -0.39 is 6.61 Å². The smallest absolute Gasteiger partial charge is 0.248 e. The number of carbonyl (C=O) groups is 1. The standard InChI is InChI=1S/C18H22N2O3/c21-14-18(22)20-9-7-19(8-10-20)11-12-23-17-6-5-15-3-1-2-4-16(15)13-17/h1-6,13,21H,7-12,14H2. The van der Waals surface area contributed by atoms with Gasteiger partial charge in [-0.25, -0.2) is 0 Å². The summed E-state index contributed by atoms with van der Waals surface area (Å²) >= 11 is 0. The number of benzene rings is 2. The minimum absolute atomic E-state index is 0.183. The number of fused-ring (bicyclic) bond motifs is 1. The van der Waals surface area contributed by atoms with E-state index in [2.05, 4.69) is 29.2 Å². The van der Waals surface area contributed by atoms with Crippen LogP contribution in [0.3, 0.4) is 0 Å². The lowest BCUT2D eigenvalue weighted by molar-refractivity contribution is -0.135. The maximum Gasteiger partial charge on any atom is 0.248 e. The number of aliphatic hydroxyl groups excluding tert-OH is 1. The first kappa shape index (κ1) is 15.8. The van der Waals surface area contributed by atoms with Crippen molar-refractivity contribution in [3.63, 3.8) is 0 Å². The van der Waals surface area contributed by atoms with Crippen LogP contribution in [0.15, 0.2) is 42.5 Å². The molecule has 0 spiro atoms. The summed E-state index contributed by atoms with van der Waals surface area (Å²) in [5.74, 6) is 0.704. The van der Waals surface area contributed by atoms with Crippen molar-refractivity contribution in [2.75, 3.05) is 45.9 Å². The van der Waals surface area contributed by atoms with Crippen molar-refractivity contribution in [3.8, 4) is 5.75 Å². The SMILES string of the molecule is O=C(CO)N1CCN(CCOc2ccc3ccccc3c2)CC1. The number of amides is 1. The number of hydrogen-bond acceptors (Lipinski definition) is 4. The molecule has 0 saturated carbocycles. The Balaban J connectivity index is 1.45. The molecule has 1 fully saturated rings. The Morgan fingerprint density at radius 3 is 2.52 bits per heavy atom.